The number of hydrazine groups is 1. The predicted octanol–water partition coefficient (Wildman–Crippen LogP) is 7.03. The zero-order chi connectivity index (χ0) is 26.5. The molecule has 188 valence electrons. The lowest BCUT2D eigenvalue weighted by Gasteiger charge is -2.35. The Kier molecular flexibility index (Phi) is 7.35. The van der Waals surface area contributed by atoms with Crippen LogP contribution in [0.1, 0.15) is 11.1 Å². The lowest BCUT2D eigenvalue weighted by Crippen LogP contribution is -2.59. The Hall–Kier alpha value is -4.66. The van der Waals surface area contributed by atoms with Crippen molar-refractivity contribution in [3.8, 4) is 11.5 Å². The third-order valence-electron chi connectivity index (χ3n) is 5.29. The summed E-state index contributed by atoms with van der Waals surface area (Å²) in [4.78, 5) is 27.4. The summed E-state index contributed by atoms with van der Waals surface area (Å²) in [5, 5.41) is 11.5. The molecule has 0 fully saturated rings. The lowest BCUT2D eigenvalue weighted by molar-refractivity contribution is 0.0925. The van der Waals surface area contributed by atoms with E-state index in [-0.39, 0.29) is 23.2 Å². The number of ether oxygens (including phenoxy) is 2. The minimum atomic E-state index is -0.920. The van der Waals surface area contributed by atoms with Crippen molar-refractivity contribution >= 4 is 47.1 Å². The molecule has 38 heavy (non-hydrogen) atoms. The molecule has 0 spiro atoms. The maximum atomic E-state index is 13.7. The summed E-state index contributed by atoms with van der Waals surface area (Å²) in [7, 11) is 0. The van der Waals surface area contributed by atoms with Gasteiger partial charge in [0.2, 0.25) is 0 Å². The van der Waals surface area contributed by atoms with Crippen molar-refractivity contribution in [2.75, 3.05) is 0 Å². The topological polar surface area (TPSA) is 83.8 Å². The number of halogens is 2. The van der Waals surface area contributed by atoms with Crippen molar-refractivity contribution in [3.05, 3.63) is 130 Å². The van der Waals surface area contributed by atoms with Gasteiger partial charge in [-0.15, -0.1) is 10.2 Å². The number of rotatable bonds is 4. The van der Waals surface area contributed by atoms with Gasteiger partial charge in [0.15, 0.2) is 11.7 Å². The van der Waals surface area contributed by atoms with Crippen LogP contribution in [-0.4, -0.2) is 33.9 Å². The van der Waals surface area contributed by atoms with Crippen LogP contribution >= 0.6 is 23.2 Å². The van der Waals surface area contributed by atoms with Crippen LogP contribution < -0.4 is 9.47 Å². The number of hydrogen-bond acceptors (Lipinski definition) is 6. The average molecular weight is 545 g/mol. The van der Waals surface area contributed by atoms with Gasteiger partial charge in [-0.3, -0.25) is 0 Å². The molecule has 4 aromatic carbocycles. The molecular formula is C28H18Cl2N4O4. The molecule has 8 nitrogen and oxygen atoms in total. The number of benzene rings is 4. The maximum Gasteiger partial charge on any atom is 0.441 e. The van der Waals surface area contributed by atoms with Gasteiger partial charge < -0.3 is 9.47 Å². The molecule has 4 aromatic rings. The molecular weight excluding hydrogens is 527 g/mol. The summed E-state index contributed by atoms with van der Waals surface area (Å²) in [5.74, 6) is 0.565. The van der Waals surface area contributed by atoms with Gasteiger partial charge in [-0.2, -0.15) is 10.0 Å². The predicted molar refractivity (Wildman–Crippen MR) is 145 cm³/mol. The highest BCUT2D eigenvalue weighted by atomic mass is 35.5. The van der Waals surface area contributed by atoms with Crippen LogP contribution in [0.25, 0.3) is 0 Å². The quantitative estimate of drug-likeness (QED) is 0.276. The number of amides is 2. The fraction of sp³-hybridized carbons (Fsp3) is 0. The van der Waals surface area contributed by atoms with Gasteiger partial charge in [0.05, 0.1) is 0 Å². The van der Waals surface area contributed by atoms with Crippen LogP contribution in [0, 0.1) is 0 Å². The van der Waals surface area contributed by atoms with Crippen molar-refractivity contribution in [3.63, 3.8) is 0 Å². The van der Waals surface area contributed by atoms with Crippen molar-refractivity contribution in [2.45, 2.75) is 0 Å². The number of carbonyl (C=O) groups is 2. The van der Waals surface area contributed by atoms with Crippen LogP contribution in [-0.2, 0) is 0 Å². The minimum absolute atomic E-state index is 0.0188. The van der Waals surface area contributed by atoms with Gasteiger partial charge in [-0.05, 0) is 72.8 Å². The Morgan fingerprint density at radius 2 is 0.868 bits per heavy atom. The summed E-state index contributed by atoms with van der Waals surface area (Å²) in [5.41, 5.74) is 0.909. The molecule has 1 aliphatic rings. The number of hydrogen-bond donors (Lipinski definition) is 0. The molecule has 0 N–H and O–H groups in total. The van der Waals surface area contributed by atoms with E-state index < -0.39 is 12.2 Å². The first kappa shape index (κ1) is 25.0. The molecule has 2 amide bonds. The first-order valence-corrected chi connectivity index (χ1v) is 12.1. The molecule has 1 heterocycles. The summed E-state index contributed by atoms with van der Waals surface area (Å²) in [6, 6.07) is 30.0. The van der Waals surface area contributed by atoms with Gasteiger partial charge in [0, 0.05) is 21.2 Å². The van der Waals surface area contributed by atoms with E-state index in [2.05, 4.69) is 10.2 Å². The largest absolute Gasteiger partial charge is 0.441 e. The van der Waals surface area contributed by atoms with Gasteiger partial charge >= 0.3 is 12.2 Å². The second-order valence-corrected chi connectivity index (χ2v) is 8.72. The minimum Gasteiger partial charge on any atom is -0.409 e. The second kappa shape index (κ2) is 11.2. The molecule has 1 aliphatic heterocycles. The Morgan fingerprint density at radius 3 is 1.21 bits per heavy atom. The molecule has 0 bridgehead atoms. The highest BCUT2D eigenvalue weighted by Gasteiger charge is 2.41. The van der Waals surface area contributed by atoms with Crippen molar-refractivity contribution in [2.24, 2.45) is 10.2 Å². The Balaban J connectivity index is 1.63. The normalized spacial score (nSPS) is 12.9. The first-order chi connectivity index (χ1) is 18.5. The van der Waals surface area contributed by atoms with E-state index in [1.807, 2.05) is 0 Å². The van der Waals surface area contributed by atoms with Gasteiger partial charge in [0.1, 0.15) is 11.5 Å². The molecule has 10 heteroatoms. The van der Waals surface area contributed by atoms with Gasteiger partial charge in [-0.1, -0.05) is 59.6 Å². The van der Waals surface area contributed by atoms with Crippen LogP contribution in [0.3, 0.4) is 0 Å². The summed E-state index contributed by atoms with van der Waals surface area (Å²) in [6.07, 6.45) is -1.84. The zero-order valence-electron chi connectivity index (χ0n) is 19.6. The van der Waals surface area contributed by atoms with E-state index in [1.54, 1.807) is 109 Å². The van der Waals surface area contributed by atoms with Crippen LogP contribution in [0.15, 0.2) is 119 Å². The molecule has 5 rings (SSSR count). The summed E-state index contributed by atoms with van der Waals surface area (Å²) >= 11 is 12.1. The van der Waals surface area contributed by atoms with Crippen molar-refractivity contribution in [1.29, 1.82) is 0 Å². The number of para-hydroxylation sites is 2. The zero-order valence-corrected chi connectivity index (χ0v) is 21.1. The van der Waals surface area contributed by atoms with Gasteiger partial charge in [0.25, 0.3) is 0 Å². The van der Waals surface area contributed by atoms with Crippen molar-refractivity contribution in [1.82, 2.24) is 10.0 Å². The molecule has 0 atom stereocenters. The third-order valence-corrected chi connectivity index (χ3v) is 5.79. The Labute approximate surface area is 227 Å². The highest BCUT2D eigenvalue weighted by molar-refractivity contribution is 6.31. The standard InChI is InChI=1S/C28H18Cl2N4O4/c29-21-15-11-19(12-16-21)25-31-32-26(20-13-17-22(30)18-14-20)34(28(36)38-24-9-5-2-6-10-24)33(25)27(35)37-23-7-3-1-4-8-23/h1-18H. The molecule has 0 radical (unpaired) electrons. The van der Waals surface area contributed by atoms with E-state index in [0.717, 1.165) is 10.0 Å². The summed E-state index contributed by atoms with van der Waals surface area (Å²) in [6.45, 7) is 0. The van der Waals surface area contributed by atoms with E-state index in [1.165, 1.54) is 0 Å². The van der Waals surface area contributed by atoms with Crippen LogP contribution in [0.2, 0.25) is 10.0 Å². The monoisotopic (exact) mass is 544 g/mol. The van der Waals surface area contributed by atoms with E-state index in [0.29, 0.717) is 21.2 Å². The molecule has 0 unspecified atom stereocenters. The molecule has 0 saturated heterocycles. The van der Waals surface area contributed by atoms with Crippen LogP contribution in [0.5, 0.6) is 11.5 Å². The Morgan fingerprint density at radius 1 is 0.526 bits per heavy atom. The number of amidine groups is 2. The smallest absolute Gasteiger partial charge is 0.409 e. The molecule has 0 aliphatic carbocycles. The fourth-order valence-corrected chi connectivity index (χ4v) is 3.78. The van der Waals surface area contributed by atoms with E-state index in [4.69, 9.17) is 32.7 Å². The SMILES string of the molecule is O=C(Oc1ccccc1)N1C(c2ccc(Cl)cc2)=NN=C(c2ccc(Cl)cc2)N1C(=O)Oc1ccccc1. The maximum absolute atomic E-state index is 13.7. The fourth-order valence-electron chi connectivity index (χ4n) is 3.53. The average Bonchev–Trinajstić information content (AvgIpc) is 2.94. The van der Waals surface area contributed by atoms with E-state index in [9.17, 15) is 9.59 Å². The second-order valence-electron chi connectivity index (χ2n) is 7.85. The highest BCUT2D eigenvalue weighted by Crippen LogP contribution is 2.24. The summed E-state index contributed by atoms with van der Waals surface area (Å²) < 4.78 is 11.2. The Bertz CT molecular complexity index is 1390. The van der Waals surface area contributed by atoms with Crippen molar-refractivity contribution < 1.29 is 19.1 Å². The van der Waals surface area contributed by atoms with Gasteiger partial charge in [-0.25, -0.2) is 9.59 Å². The lowest BCUT2D eigenvalue weighted by atomic mass is 10.2. The molecule has 0 saturated carbocycles. The number of nitrogens with zero attached hydrogens (tertiary/aromatic N) is 4. The van der Waals surface area contributed by atoms with E-state index >= 15 is 0 Å². The first-order valence-electron chi connectivity index (χ1n) is 11.3. The number of carbonyl (C=O) groups excluding carboxylic acids is 2. The molecule has 0 aromatic heterocycles. The van der Waals surface area contributed by atoms with Crippen LogP contribution in [0.4, 0.5) is 9.59 Å². The third kappa shape index (κ3) is 5.51.